The molecule has 5 atom stereocenters. The van der Waals surface area contributed by atoms with E-state index in [0.717, 1.165) is 18.4 Å². The molecule has 1 N–H and O–H groups in total. The normalized spacial score (nSPS) is 28.4. The van der Waals surface area contributed by atoms with E-state index in [4.69, 9.17) is 9.47 Å². The van der Waals surface area contributed by atoms with Crippen LogP contribution < -0.4 is 5.32 Å². The molecule has 5 heteroatoms. The molecule has 0 bridgehead atoms. The van der Waals surface area contributed by atoms with Crippen molar-refractivity contribution in [1.29, 1.82) is 0 Å². The Kier molecular flexibility index (Phi) is 8.62. The van der Waals surface area contributed by atoms with E-state index in [9.17, 15) is 9.59 Å². The second-order valence-corrected chi connectivity index (χ2v) is 6.77. The molecule has 1 heterocycles. The molecule has 0 spiro atoms. The molecule has 0 radical (unpaired) electrons. The second-order valence-electron chi connectivity index (χ2n) is 6.77. The SMILES string of the molecule is C=CC(C)=CC[C@@H]1O[C@H](C)[C@H](NC(=O)C=C[C@H](C)OC(C)=O)C[C@@H]1C. The summed E-state index contributed by atoms with van der Waals surface area (Å²) in [6.45, 7) is 13.0. The van der Waals surface area contributed by atoms with E-state index >= 15 is 0 Å². The number of nitrogens with one attached hydrogen (secondary N) is 1. The first kappa shape index (κ1) is 21.2. The zero-order valence-corrected chi connectivity index (χ0v) is 16.0. The van der Waals surface area contributed by atoms with Crippen LogP contribution in [0.4, 0.5) is 0 Å². The van der Waals surface area contributed by atoms with Crippen molar-refractivity contribution < 1.29 is 19.1 Å². The highest BCUT2D eigenvalue weighted by atomic mass is 16.5. The zero-order valence-electron chi connectivity index (χ0n) is 16.0. The zero-order chi connectivity index (χ0) is 19.0. The highest BCUT2D eigenvalue weighted by Gasteiger charge is 2.33. The quantitative estimate of drug-likeness (QED) is 0.435. The van der Waals surface area contributed by atoms with Crippen molar-refractivity contribution in [3.63, 3.8) is 0 Å². The van der Waals surface area contributed by atoms with Crippen molar-refractivity contribution in [2.24, 2.45) is 5.92 Å². The molecule has 0 aromatic rings. The van der Waals surface area contributed by atoms with Gasteiger partial charge in [0.15, 0.2) is 0 Å². The van der Waals surface area contributed by atoms with E-state index in [2.05, 4.69) is 24.9 Å². The predicted octanol–water partition coefficient (Wildman–Crippen LogP) is 3.31. The third-order valence-electron chi connectivity index (χ3n) is 4.41. The van der Waals surface area contributed by atoms with E-state index in [1.807, 2.05) is 19.9 Å². The van der Waals surface area contributed by atoms with Crippen LogP contribution in [0.3, 0.4) is 0 Å². The van der Waals surface area contributed by atoms with Gasteiger partial charge in [-0.3, -0.25) is 9.59 Å². The van der Waals surface area contributed by atoms with Crippen LogP contribution in [-0.2, 0) is 19.1 Å². The Morgan fingerprint density at radius 2 is 2.04 bits per heavy atom. The number of amides is 1. The molecule has 1 aliphatic rings. The van der Waals surface area contributed by atoms with Gasteiger partial charge in [0.1, 0.15) is 6.10 Å². The maximum Gasteiger partial charge on any atom is 0.303 e. The number of carbonyl (C=O) groups is 2. The smallest absolute Gasteiger partial charge is 0.303 e. The third-order valence-corrected chi connectivity index (χ3v) is 4.41. The van der Waals surface area contributed by atoms with Gasteiger partial charge in [0.05, 0.1) is 18.2 Å². The lowest BCUT2D eigenvalue weighted by atomic mass is 9.88. The van der Waals surface area contributed by atoms with E-state index < -0.39 is 6.10 Å². The molecule has 5 nitrogen and oxygen atoms in total. The van der Waals surface area contributed by atoms with E-state index in [-0.39, 0.29) is 30.1 Å². The molecule has 1 fully saturated rings. The van der Waals surface area contributed by atoms with Gasteiger partial charge in [0.25, 0.3) is 0 Å². The van der Waals surface area contributed by atoms with Crippen molar-refractivity contribution in [3.05, 3.63) is 36.5 Å². The predicted molar refractivity (Wildman–Crippen MR) is 99.0 cm³/mol. The molecule has 0 aromatic heterocycles. The first-order chi connectivity index (χ1) is 11.7. The highest BCUT2D eigenvalue weighted by molar-refractivity contribution is 5.87. The summed E-state index contributed by atoms with van der Waals surface area (Å²) in [5.41, 5.74) is 1.14. The molecule has 1 saturated heterocycles. The van der Waals surface area contributed by atoms with Gasteiger partial charge in [-0.05, 0) is 45.6 Å². The lowest BCUT2D eigenvalue weighted by molar-refractivity contribution is -0.143. The summed E-state index contributed by atoms with van der Waals surface area (Å²) in [6.07, 6.45) is 8.34. The van der Waals surface area contributed by atoms with Crippen LogP contribution in [0.1, 0.15) is 47.5 Å². The minimum absolute atomic E-state index is 0.0306. The van der Waals surface area contributed by atoms with Crippen molar-refractivity contribution in [2.45, 2.75) is 71.8 Å². The van der Waals surface area contributed by atoms with Crippen molar-refractivity contribution in [2.75, 3.05) is 0 Å². The van der Waals surface area contributed by atoms with E-state index in [1.54, 1.807) is 13.0 Å². The molecule has 1 rings (SSSR count). The van der Waals surface area contributed by atoms with Crippen LogP contribution in [0.5, 0.6) is 0 Å². The van der Waals surface area contributed by atoms with Crippen molar-refractivity contribution in [1.82, 2.24) is 5.32 Å². The number of hydrogen-bond acceptors (Lipinski definition) is 4. The Bertz CT molecular complexity index is 538. The highest BCUT2D eigenvalue weighted by Crippen LogP contribution is 2.27. The lowest BCUT2D eigenvalue weighted by Crippen LogP contribution is -2.50. The maximum atomic E-state index is 12.1. The van der Waals surface area contributed by atoms with Gasteiger partial charge >= 0.3 is 5.97 Å². The van der Waals surface area contributed by atoms with Gasteiger partial charge in [0.2, 0.25) is 5.91 Å². The fraction of sp³-hybridized carbons (Fsp3) is 0.600. The van der Waals surface area contributed by atoms with Crippen LogP contribution >= 0.6 is 0 Å². The van der Waals surface area contributed by atoms with Gasteiger partial charge in [0, 0.05) is 13.0 Å². The van der Waals surface area contributed by atoms with Gasteiger partial charge in [-0.25, -0.2) is 0 Å². The first-order valence-electron chi connectivity index (χ1n) is 8.83. The van der Waals surface area contributed by atoms with Gasteiger partial charge in [-0.2, -0.15) is 0 Å². The first-order valence-corrected chi connectivity index (χ1v) is 8.83. The minimum atomic E-state index is -0.425. The Balaban J connectivity index is 2.53. The number of ether oxygens (including phenoxy) is 2. The Morgan fingerprint density at radius 3 is 2.64 bits per heavy atom. The molecule has 0 aliphatic carbocycles. The summed E-state index contributed by atoms with van der Waals surface area (Å²) in [5.74, 6) is -0.223. The molecular formula is C20H31NO4. The third kappa shape index (κ3) is 7.69. The number of esters is 1. The standard InChI is InChI=1S/C20H31NO4/c1-7-13(2)8-10-19-14(3)12-18(16(5)25-19)21-20(23)11-9-15(4)24-17(6)22/h7-9,11,14-16,18-19H,1,10,12H2,2-6H3,(H,21,23)/t14-,15-,16+,18+,19-/m0/s1. The topological polar surface area (TPSA) is 64.6 Å². The minimum Gasteiger partial charge on any atom is -0.459 e. The Hall–Kier alpha value is -1.88. The average Bonchev–Trinajstić information content (AvgIpc) is 2.53. The summed E-state index contributed by atoms with van der Waals surface area (Å²) in [4.78, 5) is 22.9. The number of hydrogen-bond donors (Lipinski definition) is 1. The van der Waals surface area contributed by atoms with Crippen LogP contribution in [-0.4, -0.2) is 36.2 Å². The number of rotatable bonds is 7. The number of allylic oxidation sites excluding steroid dienone is 2. The van der Waals surface area contributed by atoms with Crippen LogP contribution in [0.25, 0.3) is 0 Å². The lowest BCUT2D eigenvalue weighted by Gasteiger charge is -2.39. The van der Waals surface area contributed by atoms with Gasteiger partial charge in [-0.1, -0.05) is 31.2 Å². The molecular weight excluding hydrogens is 318 g/mol. The molecule has 1 amide bonds. The molecule has 25 heavy (non-hydrogen) atoms. The summed E-state index contributed by atoms with van der Waals surface area (Å²) in [6, 6.07) is -0.0306. The van der Waals surface area contributed by atoms with Gasteiger partial charge < -0.3 is 14.8 Å². The molecule has 1 aliphatic heterocycles. The average molecular weight is 349 g/mol. The second kappa shape index (κ2) is 10.2. The monoisotopic (exact) mass is 349 g/mol. The fourth-order valence-corrected chi connectivity index (χ4v) is 2.85. The molecule has 140 valence electrons. The van der Waals surface area contributed by atoms with Crippen LogP contribution in [0.15, 0.2) is 36.5 Å². The molecule has 0 aromatic carbocycles. The molecule has 0 saturated carbocycles. The summed E-state index contributed by atoms with van der Waals surface area (Å²) < 4.78 is 11.1. The van der Waals surface area contributed by atoms with Crippen molar-refractivity contribution >= 4 is 11.9 Å². The Labute approximate surface area is 151 Å². The summed E-state index contributed by atoms with van der Waals surface area (Å²) >= 11 is 0. The summed E-state index contributed by atoms with van der Waals surface area (Å²) in [7, 11) is 0. The van der Waals surface area contributed by atoms with Gasteiger partial charge in [-0.15, -0.1) is 0 Å². The Morgan fingerprint density at radius 1 is 1.36 bits per heavy atom. The fourth-order valence-electron chi connectivity index (χ4n) is 2.85. The van der Waals surface area contributed by atoms with Crippen LogP contribution in [0, 0.1) is 5.92 Å². The summed E-state index contributed by atoms with van der Waals surface area (Å²) in [5, 5.41) is 2.98. The van der Waals surface area contributed by atoms with Crippen molar-refractivity contribution in [3.8, 4) is 0 Å². The van der Waals surface area contributed by atoms with Crippen LogP contribution in [0.2, 0.25) is 0 Å². The maximum absolute atomic E-state index is 12.1. The largest absolute Gasteiger partial charge is 0.459 e. The van der Waals surface area contributed by atoms with E-state index in [0.29, 0.717) is 5.92 Å². The molecule has 0 unspecified atom stereocenters. The van der Waals surface area contributed by atoms with E-state index in [1.165, 1.54) is 13.0 Å². The number of carbonyl (C=O) groups excluding carboxylic acids is 2.